The summed E-state index contributed by atoms with van der Waals surface area (Å²) < 4.78 is 0. The maximum Gasteiger partial charge on any atom is 0.336 e. The van der Waals surface area contributed by atoms with Crippen LogP contribution in [-0.4, -0.2) is 16.1 Å². The van der Waals surface area contributed by atoms with Crippen LogP contribution in [0.4, 0.5) is 0 Å². The molecule has 0 bridgehead atoms. The number of hydrogen-bond acceptors (Lipinski definition) is 2. The Morgan fingerprint density at radius 3 is 2.56 bits per heavy atom. The maximum atomic E-state index is 11.2. The van der Waals surface area contributed by atoms with E-state index in [0.717, 1.165) is 5.56 Å². The lowest BCUT2D eigenvalue weighted by Gasteiger charge is -2.08. The first-order chi connectivity index (χ1) is 8.47. The molecule has 1 aromatic heterocycles. The lowest BCUT2D eigenvalue weighted by Crippen LogP contribution is -2.00. The molecule has 5 heteroatoms. The highest BCUT2D eigenvalue weighted by atomic mass is 35.5. The summed E-state index contributed by atoms with van der Waals surface area (Å²) in [6, 6.07) is 6.68. The number of pyridine rings is 1. The second-order valence-corrected chi connectivity index (χ2v) is 4.70. The van der Waals surface area contributed by atoms with E-state index in [4.69, 9.17) is 23.2 Å². The number of aryl methyl sites for hydroxylation is 1. The third-order valence-corrected chi connectivity index (χ3v) is 2.88. The number of halogens is 2. The van der Waals surface area contributed by atoms with Crippen LogP contribution in [0.15, 0.2) is 30.5 Å². The molecule has 0 fully saturated rings. The van der Waals surface area contributed by atoms with Gasteiger partial charge in [-0.3, -0.25) is 0 Å². The normalized spacial score (nSPS) is 10.4. The Kier molecular flexibility index (Phi) is 3.55. The zero-order valence-electron chi connectivity index (χ0n) is 9.45. The fourth-order valence-corrected chi connectivity index (χ4v) is 2.18. The molecular weight excluding hydrogens is 273 g/mol. The van der Waals surface area contributed by atoms with Crippen LogP contribution in [0, 0.1) is 6.92 Å². The number of carboxylic acid groups (broad SMARTS) is 1. The lowest BCUT2D eigenvalue weighted by atomic mass is 10.0. The molecule has 2 rings (SSSR count). The van der Waals surface area contributed by atoms with Gasteiger partial charge in [0.25, 0.3) is 0 Å². The average molecular weight is 282 g/mol. The van der Waals surface area contributed by atoms with E-state index in [1.54, 1.807) is 12.1 Å². The molecule has 0 amide bonds. The SMILES string of the molecule is Cc1cc(Cl)cc(-c2cnc(Cl)cc2C(=O)O)c1. The summed E-state index contributed by atoms with van der Waals surface area (Å²) in [6.07, 6.45) is 1.44. The molecule has 3 nitrogen and oxygen atoms in total. The van der Waals surface area contributed by atoms with Crippen molar-refractivity contribution >= 4 is 29.2 Å². The Labute approximate surface area is 114 Å². The van der Waals surface area contributed by atoms with Gasteiger partial charge >= 0.3 is 5.97 Å². The van der Waals surface area contributed by atoms with E-state index >= 15 is 0 Å². The first-order valence-corrected chi connectivity index (χ1v) is 5.89. The number of carboxylic acids is 1. The van der Waals surface area contributed by atoms with Crippen molar-refractivity contribution in [1.82, 2.24) is 4.98 Å². The van der Waals surface area contributed by atoms with Crippen LogP contribution in [0.3, 0.4) is 0 Å². The molecule has 0 saturated heterocycles. The van der Waals surface area contributed by atoms with E-state index in [0.29, 0.717) is 16.1 Å². The highest BCUT2D eigenvalue weighted by Crippen LogP contribution is 2.28. The number of nitrogens with zero attached hydrogens (tertiary/aromatic N) is 1. The average Bonchev–Trinajstić information content (AvgIpc) is 2.27. The van der Waals surface area contributed by atoms with Gasteiger partial charge in [0.15, 0.2) is 0 Å². The van der Waals surface area contributed by atoms with E-state index in [-0.39, 0.29) is 10.7 Å². The lowest BCUT2D eigenvalue weighted by molar-refractivity contribution is 0.0697. The van der Waals surface area contributed by atoms with Crippen LogP contribution < -0.4 is 0 Å². The Balaban J connectivity index is 2.66. The van der Waals surface area contributed by atoms with Crippen molar-refractivity contribution in [2.24, 2.45) is 0 Å². The van der Waals surface area contributed by atoms with Crippen LogP contribution in [0.2, 0.25) is 10.2 Å². The summed E-state index contributed by atoms with van der Waals surface area (Å²) in [5.74, 6) is -1.05. The second-order valence-electron chi connectivity index (χ2n) is 3.88. The summed E-state index contributed by atoms with van der Waals surface area (Å²) in [6.45, 7) is 1.89. The molecule has 1 heterocycles. The van der Waals surface area contributed by atoms with Crippen LogP contribution in [0.25, 0.3) is 11.1 Å². The predicted octanol–water partition coefficient (Wildman–Crippen LogP) is 4.06. The minimum absolute atomic E-state index is 0.108. The maximum absolute atomic E-state index is 11.2. The molecule has 2 aromatic rings. The number of aromatic nitrogens is 1. The Morgan fingerprint density at radius 2 is 1.94 bits per heavy atom. The van der Waals surface area contributed by atoms with E-state index in [1.807, 2.05) is 13.0 Å². The molecule has 0 atom stereocenters. The monoisotopic (exact) mass is 281 g/mol. The fraction of sp³-hybridized carbons (Fsp3) is 0.0769. The van der Waals surface area contributed by atoms with Crippen LogP contribution in [0.5, 0.6) is 0 Å². The summed E-state index contributed by atoms with van der Waals surface area (Å²) in [7, 11) is 0. The molecule has 0 aliphatic carbocycles. The van der Waals surface area contributed by atoms with Crippen molar-refractivity contribution in [1.29, 1.82) is 0 Å². The van der Waals surface area contributed by atoms with Gasteiger partial charge < -0.3 is 5.11 Å². The molecule has 1 aromatic carbocycles. The van der Waals surface area contributed by atoms with Gasteiger partial charge in [-0.2, -0.15) is 0 Å². The van der Waals surface area contributed by atoms with Crippen molar-refractivity contribution in [3.05, 3.63) is 51.8 Å². The van der Waals surface area contributed by atoms with E-state index < -0.39 is 5.97 Å². The minimum Gasteiger partial charge on any atom is -0.478 e. The van der Waals surface area contributed by atoms with Crippen LogP contribution >= 0.6 is 23.2 Å². The Bertz CT molecular complexity index is 606. The molecule has 0 aliphatic rings. The van der Waals surface area contributed by atoms with Crippen LogP contribution in [0.1, 0.15) is 15.9 Å². The third kappa shape index (κ3) is 2.63. The van der Waals surface area contributed by atoms with Gasteiger partial charge in [-0.25, -0.2) is 9.78 Å². The molecule has 18 heavy (non-hydrogen) atoms. The van der Waals surface area contributed by atoms with Gasteiger partial charge in [0.1, 0.15) is 5.15 Å². The summed E-state index contributed by atoms with van der Waals surface area (Å²) >= 11 is 11.7. The van der Waals surface area contributed by atoms with Gasteiger partial charge in [-0.15, -0.1) is 0 Å². The molecule has 1 N–H and O–H groups in total. The standard InChI is InChI=1S/C13H9Cl2NO2/c1-7-2-8(4-9(14)3-7)11-6-16-12(15)5-10(11)13(17)18/h2-6H,1H3,(H,17,18). The van der Waals surface area contributed by atoms with Gasteiger partial charge in [-0.1, -0.05) is 29.3 Å². The first-order valence-electron chi connectivity index (χ1n) is 5.14. The van der Waals surface area contributed by atoms with Crippen LogP contribution in [-0.2, 0) is 0 Å². The van der Waals surface area contributed by atoms with Crippen molar-refractivity contribution in [3.8, 4) is 11.1 Å². The van der Waals surface area contributed by atoms with Gasteiger partial charge in [-0.05, 0) is 36.2 Å². The van der Waals surface area contributed by atoms with Gasteiger partial charge in [0, 0.05) is 16.8 Å². The summed E-state index contributed by atoms with van der Waals surface area (Å²) in [4.78, 5) is 15.1. The van der Waals surface area contributed by atoms with Crippen molar-refractivity contribution in [2.75, 3.05) is 0 Å². The molecule has 0 saturated carbocycles. The second kappa shape index (κ2) is 4.96. The molecule has 0 radical (unpaired) electrons. The molecule has 0 aliphatic heterocycles. The zero-order chi connectivity index (χ0) is 13.3. The highest BCUT2D eigenvalue weighted by molar-refractivity contribution is 6.31. The Morgan fingerprint density at radius 1 is 1.22 bits per heavy atom. The quantitative estimate of drug-likeness (QED) is 0.845. The number of rotatable bonds is 2. The van der Waals surface area contributed by atoms with Gasteiger partial charge in [0.2, 0.25) is 0 Å². The number of carbonyl (C=O) groups is 1. The smallest absolute Gasteiger partial charge is 0.336 e. The number of aromatic carboxylic acids is 1. The minimum atomic E-state index is -1.05. The first kappa shape index (κ1) is 12.9. The van der Waals surface area contributed by atoms with Gasteiger partial charge in [0.05, 0.1) is 5.56 Å². The largest absolute Gasteiger partial charge is 0.478 e. The van der Waals surface area contributed by atoms with E-state index in [2.05, 4.69) is 4.98 Å². The predicted molar refractivity (Wildman–Crippen MR) is 71.4 cm³/mol. The molecular formula is C13H9Cl2NO2. The van der Waals surface area contributed by atoms with Crippen molar-refractivity contribution in [3.63, 3.8) is 0 Å². The summed E-state index contributed by atoms with van der Waals surface area (Å²) in [5.41, 5.74) is 2.26. The molecule has 0 spiro atoms. The van der Waals surface area contributed by atoms with E-state index in [9.17, 15) is 9.90 Å². The zero-order valence-corrected chi connectivity index (χ0v) is 11.0. The summed E-state index contributed by atoms with van der Waals surface area (Å²) in [5, 5.41) is 9.87. The van der Waals surface area contributed by atoms with E-state index in [1.165, 1.54) is 12.3 Å². The van der Waals surface area contributed by atoms with Crippen molar-refractivity contribution in [2.45, 2.75) is 6.92 Å². The van der Waals surface area contributed by atoms with Crippen molar-refractivity contribution < 1.29 is 9.90 Å². The highest BCUT2D eigenvalue weighted by Gasteiger charge is 2.13. The number of benzene rings is 1. The third-order valence-electron chi connectivity index (χ3n) is 2.45. The topological polar surface area (TPSA) is 50.2 Å². The number of hydrogen-bond donors (Lipinski definition) is 1. The fourth-order valence-electron chi connectivity index (χ4n) is 1.73. The molecule has 0 unspecified atom stereocenters. The molecule has 92 valence electrons. The Hall–Kier alpha value is -1.58.